The highest BCUT2D eigenvalue weighted by Crippen LogP contribution is 2.09. The molecule has 0 radical (unpaired) electrons. The van der Waals surface area contributed by atoms with Crippen molar-refractivity contribution in [1.82, 2.24) is 0 Å². The second-order valence-corrected chi connectivity index (χ2v) is 3.80. The molecule has 0 aliphatic carbocycles. The number of aryl methyl sites for hydroxylation is 1. The van der Waals surface area contributed by atoms with Crippen LogP contribution in [0.3, 0.4) is 0 Å². The molecule has 2 nitrogen and oxygen atoms in total. The highest BCUT2D eigenvalue weighted by atomic mass is 35.5. The number of pyridine rings is 1. The van der Waals surface area contributed by atoms with Gasteiger partial charge in [-0.2, -0.15) is 0 Å². The number of anilines is 1. The van der Waals surface area contributed by atoms with Crippen LogP contribution in [0.25, 0.3) is 12.2 Å². The van der Waals surface area contributed by atoms with Gasteiger partial charge in [0, 0.05) is 17.8 Å². The number of benzene rings is 1. The van der Waals surface area contributed by atoms with Crippen molar-refractivity contribution < 1.29 is 17.0 Å². The van der Waals surface area contributed by atoms with Crippen molar-refractivity contribution in [1.29, 1.82) is 0 Å². The number of nitrogen functional groups attached to an aromatic ring is 1. The number of hydrogen-bond acceptors (Lipinski definition) is 1. The molecule has 0 saturated carbocycles. The monoisotopic (exact) mass is 246 g/mol. The van der Waals surface area contributed by atoms with Crippen LogP contribution in [-0.4, -0.2) is 0 Å². The number of rotatable bonds is 2. The smallest absolute Gasteiger partial charge is 0.169 e. The predicted molar refractivity (Wildman–Crippen MR) is 67.4 cm³/mol. The van der Waals surface area contributed by atoms with Crippen LogP contribution in [-0.2, 0) is 7.05 Å². The number of aromatic nitrogens is 1. The van der Waals surface area contributed by atoms with Gasteiger partial charge in [-0.1, -0.05) is 24.3 Å². The Morgan fingerprint density at radius 1 is 0.882 bits per heavy atom. The zero-order valence-corrected chi connectivity index (χ0v) is 10.4. The highest BCUT2D eigenvalue weighted by molar-refractivity contribution is 5.69. The summed E-state index contributed by atoms with van der Waals surface area (Å²) >= 11 is 0. The summed E-state index contributed by atoms with van der Waals surface area (Å²) in [7, 11) is 2.01. The molecule has 2 aromatic rings. The minimum Gasteiger partial charge on any atom is -1.00 e. The third-order valence-corrected chi connectivity index (χ3v) is 2.41. The lowest BCUT2D eigenvalue weighted by Gasteiger charge is -1.95. The van der Waals surface area contributed by atoms with Gasteiger partial charge in [0.2, 0.25) is 0 Å². The van der Waals surface area contributed by atoms with Crippen molar-refractivity contribution in [2.75, 3.05) is 5.73 Å². The van der Waals surface area contributed by atoms with Gasteiger partial charge in [0.25, 0.3) is 0 Å². The maximum Gasteiger partial charge on any atom is 0.169 e. The normalized spacial score (nSPS) is 10.2. The van der Waals surface area contributed by atoms with E-state index in [1.807, 2.05) is 48.3 Å². The molecular formula is C14H15ClN2. The summed E-state index contributed by atoms with van der Waals surface area (Å²) in [5, 5.41) is 0. The lowest BCUT2D eigenvalue weighted by atomic mass is 10.1. The second-order valence-electron chi connectivity index (χ2n) is 3.80. The van der Waals surface area contributed by atoms with E-state index in [9.17, 15) is 0 Å². The third kappa shape index (κ3) is 3.93. The van der Waals surface area contributed by atoms with Crippen molar-refractivity contribution in [3.63, 3.8) is 0 Å². The third-order valence-electron chi connectivity index (χ3n) is 2.41. The fraction of sp³-hybridized carbons (Fsp3) is 0.0714. The Kier molecular flexibility index (Phi) is 4.73. The molecule has 0 aliphatic heterocycles. The van der Waals surface area contributed by atoms with E-state index in [1.165, 1.54) is 5.56 Å². The topological polar surface area (TPSA) is 29.9 Å². The van der Waals surface area contributed by atoms with Crippen LogP contribution in [0.15, 0.2) is 48.8 Å². The van der Waals surface area contributed by atoms with Gasteiger partial charge in [-0.05, 0) is 23.3 Å². The van der Waals surface area contributed by atoms with E-state index in [4.69, 9.17) is 5.73 Å². The van der Waals surface area contributed by atoms with E-state index in [2.05, 4.69) is 24.3 Å². The Bertz CT molecular complexity index is 439. The van der Waals surface area contributed by atoms with Gasteiger partial charge in [0.15, 0.2) is 12.4 Å². The SMILES string of the molecule is C[n+]1ccc(C=Cc2ccc(N)cc2)cc1.[Cl-]. The minimum absolute atomic E-state index is 0. The maximum absolute atomic E-state index is 5.62. The molecule has 0 atom stereocenters. The van der Waals surface area contributed by atoms with E-state index in [1.54, 1.807) is 0 Å². The first-order chi connectivity index (χ1) is 7.74. The Labute approximate surface area is 108 Å². The van der Waals surface area contributed by atoms with Crippen LogP contribution in [0.1, 0.15) is 11.1 Å². The van der Waals surface area contributed by atoms with E-state index >= 15 is 0 Å². The summed E-state index contributed by atoms with van der Waals surface area (Å²) < 4.78 is 2.01. The zero-order valence-electron chi connectivity index (χ0n) is 9.68. The fourth-order valence-electron chi connectivity index (χ4n) is 1.42. The van der Waals surface area contributed by atoms with Gasteiger partial charge in [-0.25, -0.2) is 4.57 Å². The Morgan fingerprint density at radius 2 is 1.35 bits per heavy atom. The number of hydrogen-bond donors (Lipinski definition) is 1. The molecule has 1 aromatic carbocycles. The summed E-state index contributed by atoms with van der Waals surface area (Å²) in [4.78, 5) is 0. The number of halogens is 1. The molecule has 1 heterocycles. The van der Waals surface area contributed by atoms with Crippen molar-refractivity contribution in [3.8, 4) is 0 Å². The molecule has 88 valence electrons. The van der Waals surface area contributed by atoms with E-state index in [0.29, 0.717) is 0 Å². The van der Waals surface area contributed by atoms with Gasteiger partial charge in [-0.3, -0.25) is 0 Å². The van der Waals surface area contributed by atoms with Crippen LogP contribution in [0.4, 0.5) is 5.69 Å². The fourth-order valence-corrected chi connectivity index (χ4v) is 1.42. The molecule has 0 saturated heterocycles. The molecule has 0 fully saturated rings. The molecule has 1 aromatic heterocycles. The van der Waals surface area contributed by atoms with E-state index in [0.717, 1.165) is 11.3 Å². The van der Waals surface area contributed by atoms with Crippen molar-refractivity contribution in [3.05, 3.63) is 59.9 Å². The molecular weight excluding hydrogens is 232 g/mol. The van der Waals surface area contributed by atoms with Crippen LogP contribution < -0.4 is 22.7 Å². The Hall–Kier alpha value is -1.80. The summed E-state index contributed by atoms with van der Waals surface area (Å²) in [5.74, 6) is 0. The lowest BCUT2D eigenvalue weighted by Crippen LogP contribution is -3.00. The molecule has 0 bridgehead atoms. The first kappa shape index (κ1) is 13.3. The summed E-state index contributed by atoms with van der Waals surface area (Å²) in [6.45, 7) is 0. The number of nitrogens with zero attached hydrogens (tertiary/aromatic N) is 1. The van der Waals surface area contributed by atoms with E-state index < -0.39 is 0 Å². The maximum atomic E-state index is 5.62. The van der Waals surface area contributed by atoms with Crippen LogP contribution in [0.5, 0.6) is 0 Å². The van der Waals surface area contributed by atoms with Gasteiger partial charge >= 0.3 is 0 Å². The summed E-state index contributed by atoms with van der Waals surface area (Å²) in [6.07, 6.45) is 8.23. The first-order valence-electron chi connectivity index (χ1n) is 5.23. The summed E-state index contributed by atoms with van der Waals surface area (Å²) in [6, 6.07) is 12.0. The first-order valence-corrected chi connectivity index (χ1v) is 5.23. The standard InChI is InChI=1S/C14H14N2.ClH/c1-16-10-8-13(9-11-16)3-2-12-4-6-14(15)7-5-12;/h2-11,15H,1H3;1H. The molecule has 3 heteroatoms. The van der Waals surface area contributed by atoms with Crippen LogP contribution in [0, 0.1) is 0 Å². The molecule has 0 unspecified atom stereocenters. The van der Waals surface area contributed by atoms with Crippen LogP contribution in [0.2, 0.25) is 0 Å². The van der Waals surface area contributed by atoms with Gasteiger partial charge in [0.1, 0.15) is 7.05 Å². The largest absolute Gasteiger partial charge is 1.00 e. The predicted octanol–water partition coefficient (Wildman–Crippen LogP) is -0.732. The van der Waals surface area contributed by atoms with Crippen molar-refractivity contribution in [2.24, 2.45) is 7.05 Å². The van der Waals surface area contributed by atoms with Gasteiger partial charge in [0.05, 0.1) is 0 Å². The molecule has 0 spiro atoms. The average molecular weight is 247 g/mol. The second kappa shape index (κ2) is 6.06. The molecule has 2 N–H and O–H groups in total. The van der Waals surface area contributed by atoms with E-state index in [-0.39, 0.29) is 12.4 Å². The average Bonchev–Trinajstić information content (AvgIpc) is 2.30. The molecule has 0 amide bonds. The number of nitrogens with two attached hydrogens (primary N) is 1. The quantitative estimate of drug-likeness (QED) is 0.550. The summed E-state index contributed by atoms with van der Waals surface area (Å²) in [5.41, 5.74) is 8.76. The Morgan fingerprint density at radius 3 is 1.88 bits per heavy atom. The lowest BCUT2D eigenvalue weighted by molar-refractivity contribution is -0.671. The molecule has 17 heavy (non-hydrogen) atoms. The van der Waals surface area contributed by atoms with Crippen molar-refractivity contribution >= 4 is 17.8 Å². The minimum atomic E-state index is 0. The molecule has 2 rings (SSSR count). The Balaban J connectivity index is 0.00000144. The van der Waals surface area contributed by atoms with Crippen molar-refractivity contribution in [2.45, 2.75) is 0 Å². The highest BCUT2D eigenvalue weighted by Gasteiger charge is 1.91. The van der Waals surface area contributed by atoms with Crippen LogP contribution >= 0.6 is 0 Å². The zero-order chi connectivity index (χ0) is 11.4. The van der Waals surface area contributed by atoms with Gasteiger partial charge < -0.3 is 18.1 Å². The molecule has 0 aliphatic rings. The van der Waals surface area contributed by atoms with Gasteiger partial charge in [-0.15, -0.1) is 0 Å².